The monoisotopic (exact) mass is 263 g/mol. The molecule has 0 heterocycles. The molecule has 19 heavy (non-hydrogen) atoms. The summed E-state index contributed by atoms with van der Waals surface area (Å²) in [6, 6.07) is 5.47. The first-order valence-corrected chi connectivity index (χ1v) is 6.08. The van der Waals surface area contributed by atoms with Gasteiger partial charge in [-0.15, -0.1) is 0 Å². The van der Waals surface area contributed by atoms with Crippen LogP contribution in [-0.4, -0.2) is 31.1 Å². The number of carbonyl (C=O) groups excluding carboxylic acids is 1. The first-order chi connectivity index (χ1) is 8.92. The summed E-state index contributed by atoms with van der Waals surface area (Å²) < 4.78 is 5.22. The Kier molecular flexibility index (Phi) is 3.22. The summed E-state index contributed by atoms with van der Waals surface area (Å²) in [4.78, 5) is 24.9. The molecular formula is C14H17NO4. The second-order valence-corrected chi connectivity index (χ2v) is 4.93. The number of rotatable bonds is 4. The third kappa shape index (κ3) is 2.16. The Morgan fingerprint density at radius 3 is 2.47 bits per heavy atom. The number of carbonyl (C=O) groups is 2. The largest absolute Gasteiger partial charge is 0.495 e. The Labute approximate surface area is 111 Å². The zero-order valence-corrected chi connectivity index (χ0v) is 11.3. The molecule has 1 N–H and O–H groups in total. The van der Waals surface area contributed by atoms with E-state index in [-0.39, 0.29) is 5.91 Å². The van der Waals surface area contributed by atoms with Gasteiger partial charge in [0.25, 0.3) is 0 Å². The third-order valence-electron chi connectivity index (χ3n) is 3.57. The summed E-state index contributed by atoms with van der Waals surface area (Å²) in [5.41, 5.74) is 0.347. The molecule has 1 saturated carbocycles. The van der Waals surface area contributed by atoms with Crippen LogP contribution < -0.4 is 9.64 Å². The normalized spacial score (nSPS) is 15.7. The number of carboxylic acids is 1. The lowest BCUT2D eigenvalue weighted by Crippen LogP contribution is -2.38. The number of hydrogen-bond acceptors (Lipinski definition) is 3. The van der Waals surface area contributed by atoms with Gasteiger partial charge in [0.15, 0.2) is 0 Å². The lowest BCUT2D eigenvalue weighted by molar-refractivity contribution is -0.148. The summed E-state index contributed by atoms with van der Waals surface area (Å²) in [6.07, 6.45) is 0.805. The molecule has 1 aliphatic rings. The van der Waals surface area contributed by atoms with Gasteiger partial charge in [-0.2, -0.15) is 0 Å². The van der Waals surface area contributed by atoms with Gasteiger partial charge < -0.3 is 14.7 Å². The number of carboxylic acid groups (broad SMARTS) is 1. The second-order valence-electron chi connectivity index (χ2n) is 4.93. The van der Waals surface area contributed by atoms with Crippen molar-refractivity contribution in [3.05, 3.63) is 23.8 Å². The Hall–Kier alpha value is -2.04. The van der Waals surface area contributed by atoms with Crippen molar-refractivity contribution >= 4 is 17.6 Å². The predicted octanol–water partition coefficient (Wildman–Crippen LogP) is 1.83. The molecule has 0 bridgehead atoms. The lowest BCUT2D eigenvalue weighted by atomic mass is 10.1. The van der Waals surface area contributed by atoms with Crippen molar-refractivity contribution in [2.24, 2.45) is 5.41 Å². The van der Waals surface area contributed by atoms with E-state index in [1.807, 2.05) is 19.1 Å². The van der Waals surface area contributed by atoms with Crippen molar-refractivity contribution in [1.29, 1.82) is 0 Å². The molecule has 102 valence electrons. The van der Waals surface area contributed by atoms with E-state index < -0.39 is 11.4 Å². The molecule has 1 aliphatic carbocycles. The van der Waals surface area contributed by atoms with Gasteiger partial charge >= 0.3 is 5.97 Å². The number of benzene rings is 1. The molecule has 0 aliphatic heterocycles. The van der Waals surface area contributed by atoms with E-state index in [1.165, 1.54) is 12.0 Å². The Bertz CT molecular complexity index is 534. The van der Waals surface area contributed by atoms with Crippen molar-refractivity contribution in [1.82, 2.24) is 0 Å². The Morgan fingerprint density at radius 2 is 2.00 bits per heavy atom. The second kappa shape index (κ2) is 4.57. The van der Waals surface area contributed by atoms with Gasteiger partial charge in [-0.3, -0.25) is 9.59 Å². The van der Waals surface area contributed by atoms with Gasteiger partial charge in [-0.25, -0.2) is 0 Å². The molecule has 1 fully saturated rings. The van der Waals surface area contributed by atoms with Gasteiger partial charge in [0.05, 0.1) is 12.8 Å². The van der Waals surface area contributed by atoms with Crippen molar-refractivity contribution < 1.29 is 19.4 Å². The molecule has 0 saturated heterocycles. The average Bonchev–Trinajstić information content (AvgIpc) is 3.18. The molecule has 2 rings (SSSR count). The standard InChI is InChI=1S/C14H17NO4/c1-9-4-5-11(19-3)10(8-9)15(2)12(16)14(6-7-14)13(17)18/h4-5,8H,6-7H2,1-3H3,(H,17,18). The van der Waals surface area contributed by atoms with Gasteiger partial charge in [-0.1, -0.05) is 6.07 Å². The van der Waals surface area contributed by atoms with E-state index in [1.54, 1.807) is 13.1 Å². The highest BCUT2D eigenvalue weighted by Crippen LogP contribution is 2.48. The minimum atomic E-state index is -1.23. The highest BCUT2D eigenvalue weighted by molar-refractivity contribution is 6.12. The number of aryl methyl sites for hydroxylation is 1. The predicted molar refractivity (Wildman–Crippen MR) is 70.4 cm³/mol. The van der Waals surface area contributed by atoms with Gasteiger partial charge in [0.2, 0.25) is 5.91 Å². The molecule has 1 aromatic rings. The number of hydrogen-bond donors (Lipinski definition) is 1. The SMILES string of the molecule is COc1ccc(C)cc1N(C)C(=O)C1(C(=O)O)CC1. The van der Waals surface area contributed by atoms with Crippen LogP contribution in [0.1, 0.15) is 18.4 Å². The molecule has 5 nitrogen and oxygen atoms in total. The van der Waals surface area contributed by atoms with Crippen LogP contribution in [0.3, 0.4) is 0 Å². The highest BCUT2D eigenvalue weighted by Gasteiger charge is 2.58. The van der Waals surface area contributed by atoms with E-state index in [0.717, 1.165) is 5.56 Å². The zero-order valence-electron chi connectivity index (χ0n) is 11.3. The maximum absolute atomic E-state index is 12.3. The maximum atomic E-state index is 12.3. The molecule has 5 heteroatoms. The van der Waals surface area contributed by atoms with E-state index in [0.29, 0.717) is 24.3 Å². The molecule has 1 aromatic carbocycles. The summed E-state index contributed by atoms with van der Waals surface area (Å²) in [6.45, 7) is 1.91. The summed E-state index contributed by atoms with van der Waals surface area (Å²) in [5.74, 6) is -0.873. The number of aliphatic carboxylic acids is 1. The van der Waals surface area contributed by atoms with Crippen molar-refractivity contribution in [3.8, 4) is 5.75 Å². The van der Waals surface area contributed by atoms with E-state index >= 15 is 0 Å². The first-order valence-electron chi connectivity index (χ1n) is 6.08. The summed E-state index contributed by atoms with van der Waals surface area (Å²) in [5, 5.41) is 9.17. The molecule has 0 aromatic heterocycles. The van der Waals surface area contributed by atoms with Gasteiger partial charge in [0, 0.05) is 7.05 Å². The number of nitrogens with zero attached hydrogens (tertiary/aromatic N) is 1. The fraction of sp³-hybridized carbons (Fsp3) is 0.429. The van der Waals surface area contributed by atoms with Crippen molar-refractivity contribution in [2.45, 2.75) is 19.8 Å². The third-order valence-corrected chi connectivity index (χ3v) is 3.57. The maximum Gasteiger partial charge on any atom is 0.319 e. The first kappa shape index (κ1) is 13.4. The fourth-order valence-corrected chi connectivity index (χ4v) is 2.14. The topological polar surface area (TPSA) is 66.8 Å². The van der Waals surface area contributed by atoms with Crippen molar-refractivity contribution in [2.75, 3.05) is 19.1 Å². The molecule has 0 spiro atoms. The van der Waals surface area contributed by atoms with Crippen LogP contribution >= 0.6 is 0 Å². The number of amides is 1. The summed E-state index contributed by atoms with van der Waals surface area (Å²) in [7, 11) is 3.11. The van der Waals surface area contributed by atoms with Crippen LogP contribution in [0.4, 0.5) is 5.69 Å². The lowest BCUT2D eigenvalue weighted by Gasteiger charge is -2.23. The Morgan fingerprint density at radius 1 is 1.37 bits per heavy atom. The van der Waals surface area contributed by atoms with E-state index in [4.69, 9.17) is 4.74 Å². The molecule has 1 amide bonds. The minimum Gasteiger partial charge on any atom is -0.495 e. The van der Waals surface area contributed by atoms with Crippen LogP contribution in [0.25, 0.3) is 0 Å². The molecular weight excluding hydrogens is 246 g/mol. The zero-order chi connectivity index (χ0) is 14.2. The molecule has 0 atom stereocenters. The van der Waals surface area contributed by atoms with Crippen LogP contribution in [0.2, 0.25) is 0 Å². The van der Waals surface area contributed by atoms with E-state index in [9.17, 15) is 14.7 Å². The van der Waals surface area contributed by atoms with E-state index in [2.05, 4.69) is 0 Å². The fourth-order valence-electron chi connectivity index (χ4n) is 2.14. The number of methoxy groups -OCH3 is 1. The molecule has 0 radical (unpaired) electrons. The molecule has 0 unspecified atom stereocenters. The quantitative estimate of drug-likeness (QED) is 0.842. The van der Waals surface area contributed by atoms with Crippen LogP contribution in [0, 0.1) is 12.3 Å². The smallest absolute Gasteiger partial charge is 0.319 e. The minimum absolute atomic E-state index is 0.385. The highest BCUT2D eigenvalue weighted by atomic mass is 16.5. The van der Waals surface area contributed by atoms with Gasteiger partial charge in [0.1, 0.15) is 11.2 Å². The van der Waals surface area contributed by atoms with Crippen LogP contribution in [0.5, 0.6) is 5.75 Å². The average molecular weight is 263 g/mol. The number of ether oxygens (including phenoxy) is 1. The Balaban J connectivity index is 2.34. The number of anilines is 1. The van der Waals surface area contributed by atoms with Crippen LogP contribution in [0.15, 0.2) is 18.2 Å². The van der Waals surface area contributed by atoms with Crippen LogP contribution in [-0.2, 0) is 9.59 Å². The van der Waals surface area contributed by atoms with Gasteiger partial charge in [-0.05, 0) is 37.5 Å². The van der Waals surface area contributed by atoms with Crippen molar-refractivity contribution in [3.63, 3.8) is 0 Å². The summed E-state index contributed by atoms with van der Waals surface area (Å²) >= 11 is 0.